The summed E-state index contributed by atoms with van der Waals surface area (Å²) in [4.78, 5) is 40.7. The van der Waals surface area contributed by atoms with Gasteiger partial charge in [0.1, 0.15) is 29.0 Å². The summed E-state index contributed by atoms with van der Waals surface area (Å²) in [5.74, 6) is 5.71. The van der Waals surface area contributed by atoms with E-state index in [1.54, 1.807) is 59.0 Å². The van der Waals surface area contributed by atoms with Crippen molar-refractivity contribution in [2.24, 2.45) is 7.05 Å². The van der Waals surface area contributed by atoms with Gasteiger partial charge in [-0.05, 0) is 30.5 Å². The monoisotopic (exact) mass is 529 g/mol. The van der Waals surface area contributed by atoms with Crippen molar-refractivity contribution < 1.29 is 4.79 Å². The molecule has 1 aromatic carbocycles. The molecule has 0 saturated heterocycles. The molecule has 0 fully saturated rings. The second-order valence-electron chi connectivity index (χ2n) is 9.16. The number of nitrogens with one attached hydrogen (secondary N) is 1. The van der Waals surface area contributed by atoms with Crippen molar-refractivity contribution in [2.75, 3.05) is 5.73 Å². The molecule has 3 N–H and O–H groups in total. The molecule has 0 spiro atoms. The molecule has 0 saturated carbocycles. The van der Waals surface area contributed by atoms with E-state index in [0.717, 1.165) is 5.56 Å². The number of anilines is 1. The maximum absolute atomic E-state index is 14.1. The second kappa shape index (κ2) is 9.85. The minimum atomic E-state index is -0.667. The smallest absolute Gasteiger partial charge is 0.267 e. The minimum Gasteiger partial charge on any atom is -0.383 e. The van der Waals surface area contributed by atoms with Crippen molar-refractivity contribution in [2.45, 2.75) is 13.0 Å². The normalized spacial score (nSPS) is 11.8. The number of imidazole rings is 1. The van der Waals surface area contributed by atoms with Crippen molar-refractivity contribution >= 4 is 23.0 Å². The number of nitrogens with zero attached hydrogens (tertiary/aromatic N) is 7. The van der Waals surface area contributed by atoms with Gasteiger partial charge in [-0.3, -0.25) is 23.1 Å². The number of fused-ring (bicyclic) bond motifs is 2. The molecule has 0 bridgehead atoms. The van der Waals surface area contributed by atoms with Crippen LogP contribution in [0, 0.1) is 11.8 Å². The van der Waals surface area contributed by atoms with Crippen molar-refractivity contribution in [1.82, 2.24) is 38.9 Å². The fourth-order valence-corrected chi connectivity index (χ4v) is 4.57. The second-order valence-corrected chi connectivity index (χ2v) is 9.16. The maximum Gasteiger partial charge on any atom is 0.267 e. The Balaban J connectivity index is 1.48. The van der Waals surface area contributed by atoms with Crippen LogP contribution in [0.4, 0.5) is 5.82 Å². The topological polar surface area (TPSA) is 138 Å². The molecule has 0 aliphatic carbocycles. The maximum atomic E-state index is 14.1. The van der Waals surface area contributed by atoms with E-state index in [1.165, 1.54) is 10.7 Å². The van der Waals surface area contributed by atoms with Crippen LogP contribution < -0.4 is 16.6 Å². The molecule has 0 radical (unpaired) electrons. The van der Waals surface area contributed by atoms with Gasteiger partial charge in [-0.25, -0.2) is 15.0 Å². The molecule has 5 aromatic heterocycles. The van der Waals surface area contributed by atoms with Crippen molar-refractivity contribution in [3.63, 3.8) is 0 Å². The molecule has 5 heterocycles. The summed E-state index contributed by atoms with van der Waals surface area (Å²) >= 11 is 0. The first-order valence-corrected chi connectivity index (χ1v) is 12.4. The lowest BCUT2D eigenvalue weighted by atomic mass is 10.0. The number of aryl methyl sites for hydroxylation is 1. The van der Waals surface area contributed by atoms with Crippen molar-refractivity contribution in [3.8, 4) is 23.0 Å². The van der Waals surface area contributed by atoms with Gasteiger partial charge in [-0.2, -0.15) is 5.10 Å². The summed E-state index contributed by atoms with van der Waals surface area (Å²) in [5.41, 5.74) is 9.29. The van der Waals surface area contributed by atoms with Crippen molar-refractivity contribution in [3.05, 3.63) is 113 Å². The predicted octanol–water partition coefficient (Wildman–Crippen LogP) is 2.61. The summed E-state index contributed by atoms with van der Waals surface area (Å²) in [6.07, 6.45) is 8.18. The van der Waals surface area contributed by atoms with Gasteiger partial charge in [0.2, 0.25) is 0 Å². The van der Waals surface area contributed by atoms with Gasteiger partial charge in [0.05, 0.1) is 29.1 Å². The van der Waals surface area contributed by atoms with Crippen LogP contribution in [0.1, 0.15) is 40.3 Å². The molecular weight excluding hydrogens is 506 g/mol. The van der Waals surface area contributed by atoms with E-state index in [4.69, 9.17) is 10.7 Å². The SMILES string of the molecule is C[C@@H](NC(=O)c1c(N)ncn2ccnc12)c1nc2cccc(C#Cc3cnn(C)c3)n2c(=O)c1-c1ccccc1. The number of benzene rings is 1. The summed E-state index contributed by atoms with van der Waals surface area (Å²) in [7, 11) is 1.81. The Hall–Kier alpha value is -5.76. The predicted molar refractivity (Wildman–Crippen MR) is 149 cm³/mol. The Morgan fingerprint density at radius 3 is 2.67 bits per heavy atom. The molecule has 40 heavy (non-hydrogen) atoms. The van der Waals surface area contributed by atoms with Crippen LogP contribution >= 0.6 is 0 Å². The van der Waals surface area contributed by atoms with Crippen LogP contribution in [0.25, 0.3) is 22.4 Å². The lowest BCUT2D eigenvalue weighted by Crippen LogP contribution is -2.31. The number of rotatable bonds is 4. The van der Waals surface area contributed by atoms with E-state index in [1.807, 2.05) is 37.4 Å². The summed E-state index contributed by atoms with van der Waals surface area (Å²) < 4.78 is 4.75. The Labute approximate surface area is 228 Å². The van der Waals surface area contributed by atoms with Crippen LogP contribution in [0.15, 0.2) is 84.4 Å². The average Bonchev–Trinajstić information content (AvgIpc) is 3.60. The first-order chi connectivity index (χ1) is 19.4. The lowest BCUT2D eigenvalue weighted by Gasteiger charge is -2.19. The van der Waals surface area contributed by atoms with Crippen LogP contribution in [0.3, 0.4) is 0 Å². The third kappa shape index (κ3) is 4.33. The molecule has 1 atom stereocenters. The summed E-state index contributed by atoms with van der Waals surface area (Å²) in [5, 5.41) is 7.08. The number of carbonyl (C=O) groups is 1. The molecular formula is C29H23N9O2. The number of carbonyl (C=O) groups excluding carboxylic acids is 1. The van der Waals surface area contributed by atoms with Gasteiger partial charge in [-0.1, -0.05) is 42.3 Å². The van der Waals surface area contributed by atoms with Crippen LogP contribution in [-0.2, 0) is 7.05 Å². The zero-order valence-corrected chi connectivity index (χ0v) is 21.6. The highest BCUT2D eigenvalue weighted by molar-refractivity contribution is 6.04. The molecule has 6 rings (SSSR count). The van der Waals surface area contributed by atoms with E-state index >= 15 is 0 Å². The van der Waals surface area contributed by atoms with E-state index < -0.39 is 11.9 Å². The third-order valence-electron chi connectivity index (χ3n) is 6.43. The van der Waals surface area contributed by atoms with Gasteiger partial charge in [0.25, 0.3) is 11.5 Å². The highest BCUT2D eigenvalue weighted by atomic mass is 16.2. The number of pyridine rings is 1. The summed E-state index contributed by atoms with van der Waals surface area (Å²) in [6, 6.07) is 13.8. The first-order valence-electron chi connectivity index (χ1n) is 12.4. The Morgan fingerprint density at radius 2 is 1.90 bits per heavy atom. The van der Waals surface area contributed by atoms with Crippen LogP contribution in [0.2, 0.25) is 0 Å². The van der Waals surface area contributed by atoms with E-state index in [2.05, 4.69) is 32.2 Å². The average molecular weight is 530 g/mol. The molecule has 1 amide bonds. The number of amides is 1. The number of hydrogen-bond acceptors (Lipinski definition) is 7. The van der Waals surface area contributed by atoms with Gasteiger partial charge in [-0.15, -0.1) is 0 Å². The van der Waals surface area contributed by atoms with Gasteiger partial charge < -0.3 is 11.1 Å². The van der Waals surface area contributed by atoms with Gasteiger partial charge in [0.15, 0.2) is 5.65 Å². The van der Waals surface area contributed by atoms with E-state index in [9.17, 15) is 9.59 Å². The molecule has 6 aromatic rings. The largest absolute Gasteiger partial charge is 0.383 e. The van der Waals surface area contributed by atoms with Crippen LogP contribution in [0.5, 0.6) is 0 Å². The van der Waals surface area contributed by atoms with Crippen molar-refractivity contribution in [1.29, 1.82) is 0 Å². The number of nitrogen functional groups attached to an aromatic ring is 1. The quantitative estimate of drug-likeness (QED) is 0.335. The number of hydrogen-bond donors (Lipinski definition) is 2. The fraction of sp³-hybridized carbons (Fsp3) is 0.103. The van der Waals surface area contributed by atoms with E-state index in [0.29, 0.717) is 33.8 Å². The highest BCUT2D eigenvalue weighted by Gasteiger charge is 2.24. The zero-order chi connectivity index (χ0) is 27.8. The molecule has 11 heteroatoms. The number of nitrogens with two attached hydrogens (primary N) is 1. The molecule has 0 unspecified atom stereocenters. The molecule has 196 valence electrons. The zero-order valence-electron chi connectivity index (χ0n) is 21.6. The molecule has 0 aliphatic rings. The third-order valence-corrected chi connectivity index (χ3v) is 6.43. The van der Waals surface area contributed by atoms with Crippen LogP contribution in [-0.4, -0.2) is 39.4 Å². The van der Waals surface area contributed by atoms with E-state index in [-0.39, 0.29) is 16.9 Å². The Kier molecular flexibility index (Phi) is 6.05. The molecule has 0 aliphatic heterocycles. The first kappa shape index (κ1) is 24.6. The highest BCUT2D eigenvalue weighted by Crippen LogP contribution is 2.26. The lowest BCUT2D eigenvalue weighted by molar-refractivity contribution is 0.0941. The fourth-order valence-electron chi connectivity index (χ4n) is 4.57. The molecule has 11 nitrogen and oxygen atoms in total. The Morgan fingerprint density at radius 1 is 1.07 bits per heavy atom. The minimum absolute atomic E-state index is 0.0510. The van der Waals surface area contributed by atoms with Gasteiger partial charge >= 0.3 is 0 Å². The summed E-state index contributed by atoms with van der Waals surface area (Å²) in [6.45, 7) is 1.77. The number of aromatic nitrogens is 7. The van der Waals surface area contributed by atoms with Gasteiger partial charge in [0, 0.05) is 25.6 Å². The standard InChI is InChI=1S/C29H23N9O2/c1-18(34-28(39)24-26(30)32-17-37-14-13-31-27(24)37)25-23(20-7-4-3-5-8-20)29(40)38-21(9-6-10-22(38)35-25)12-11-19-15-33-36(2)16-19/h3-10,13-18H,30H2,1-2H3,(H,34,39)/t18-/m1/s1. The Bertz CT molecular complexity index is 2030.